The molecule has 0 radical (unpaired) electrons. The Hall–Kier alpha value is -2.07. The zero-order chi connectivity index (χ0) is 13.1. The van der Waals surface area contributed by atoms with Gasteiger partial charge < -0.3 is 15.8 Å². The molecule has 0 bridgehead atoms. The van der Waals surface area contributed by atoms with E-state index in [2.05, 4.69) is 10.3 Å². The molecule has 0 saturated carbocycles. The zero-order valence-corrected chi connectivity index (χ0v) is 10.7. The van der Waals surface area contributed by atoms with Crippen molar-refractivity contribution in [2.75, 3.05) is 18.8 Å². The van der Waals surface area contributed by atoms with E-state index in [9.17, 15) is 0 Å². The van der Waals surface area contributed by atoms with Crippen molar-refractivity contribution in [1.82, 2.24) is 10.3 Å². The SMILES string of the molecule is Nc1cccc(-c2cncc(O[C@@H]3CCNC3)c2)c1. The summed E-state index contributed by atoms with van der Waals surface area (Å²) in [6, 6.07) is 9.80. The summed E-state index contributed by atoms with van der Waals surface area (Å²) in [6.07, 6.45) is 4.88. The van der Waals surface area contributed by atoms with Crippen molar-refractivity contribution in [3.63, 3.8) is 0 Å². The molecule has 19 heavy (non-hydrogen) atoms. The van der Waals surface area contributed by atoms with Crippen molar-refractivity contribution in [2.45, 2.75) is 12.5 Å². The predicted molar refractivity (Wildman–Crippen MR) is 76.0 cm³/mol. The average molecular weight is 255 g/mol. The van der Waals surface area contributed by atoms with Gasteiger partial charge in [-0.15, -0.1) is 0 Å². The van der Waals surface area contributed by atoms with Crippen LogP contribution in [0.15, 0.2) is 42.7 Å². The highest BCUT2D eigenvalue weighted by molar-refractivity contribution is 5.67. The molecule has 1 saturated heterocycles. The Morgan fingerprint density at radius 2 is 2.16 bits per heavy atom. The van der Waals surface area contributed by atoms with E-state index >= 15 is 0 Å². The van der Waals surface area contributed by atoms with Gasteiger partial charge in [-0.25, -0.2) is 0 Å². The van der Waals surface area contributed by atoms with E-state index in [1.54, 1.807) is 6.20 Å². The van der Waals surface area contributed by atoms with Gasteiger partial charge in [-0.1, -0.05) is 12.1 Å². The van der Waals surface area contributed by atoms with Gasteiger partial charge in [0.1, 0.15) is 11.9 Å². The number of nitrogens with two attached hydrogens (primary N) is 1. The van der Waals surface area contributed by atoms with Crippen LogP contribution in [0.3, 0.4) is 0 Å². The fourth-order valence-electron chi connectivity index (χ4n) is 2.28. The van der Waals surface area contributed by atoms with Crippen molar-refractivity contribution >= 4 is 5.69 Å². The number of nitrogen functional groups attached to an aromatic ring is 1. The molecule has 1 fully saturated rings. The fraction of sp³-hybridized carbons (Fsp3) is 0.267. The quantitative estimate of drug-likeness (QED) is 0.824. The van der Waals surface area contributed by atoms with Crippen LogP contribution in [-0.4, -0.2) is 24.2 Å². The number of nitrogens with one attached hydrogen (secondary N) is 1. The van der Waals surface area contributed by atoms with Crippen molar-refractivity contribution in [3.05, 3.63) is 42.7 Å². The zero-order valence-electron chi connectivity index (χ0n) is 10.7. The molecular formula is C15H17N3O. The number of ether oxygens (including phenoxy) is 1. The lowest BCUT2D eigenvalue weighted by atomic mass is 10.1. The molecule has 1 aliphatic heterocycles. The van der Waals surface area contributed by atoms with E-state index in [-0.39, 0.29) is 6.10 Å². The van der Waals surface area contributed by atoms with Crippen LogP contribution < -0.4 is 15.8 Å². The van der Waals surface area contributed by atoms with E-state index in [1.807, 2.05) is 36.5 Å². The van der Waals surface area contributed by atoms with Crippen LogP contribution in [0.2, 0.25) is 0 Å². The molecule has 0 spiro atoms. The number of pyridine rings is 1. The van der Waals surface area contributed by atoms with Gasteiger partial charge in [0.2, 0.25) is 0 Å². The van der Waals surface area contributed by atoms with E-state index < -0.39 is 0 Å². The highest BCUT2D eigenvalue weighted by Gasteiger charge is 2.16. The molecular weight excluding hydrogens is 238 g/mol. The second kappa shape index (κ2) is 5.28. The molecule has 4 nitrogen and oxygen atoms in total. The summed E-state index contributed by atoms with van der Waals surface area (Å²) in [4.78, 5) is 4.25. The lowest BCUT2D eigenvalue weighted by molar-refractivity contribution is 0.222. The third-order valence-electron chi connectivity index (χ3n) is 3.25. The van der Waals surface area contributed by atoms with E-state index in [0.717, 1.165) is 42.1 Å². The van der Waals surface area contributed by atoms with Gasteiger partial charge in [0, 0.05) is 24.0 Å². The Labute approximate surface area is 112 Å². The molecule has 1 aromatic carbocycles. The van der Waals surface area contributed by atoms with Crippen molar-refractivity contribution in [2.24, 2.45) is 0 Å². The third-order valence-corrected chi connectivity index (χ3v) is 3.25. The van der Waals surface area contributed by atoms with E-state index in [4.69, 9.17) is 10.5 Å². The highest BCUT2D eigenvalue weighted by Crippen LogP contribution is 2.25. The minimum absolute atomic E-state index is 0.248. The van der Waals surface area contributed by atoms with Crippen LogP contribution in [-0.2, 0) is 0 Å². The van der Waals surface area contributed by atoms with Crippen LogP contribution in [0.4, 0.5) is 5.69 Å². The summed E-state index contributed by atoms with van der Waals surface area (Å²) in [5, 5.41) is 3.28. The second-order valence-electron chi connectivity index (χ2n) is 4.77. The Morgan fingerprint density at radius 1 is 1.21 bits per heavy atom. The summed E-state index contributed by atoms with van der Waals surface area (Å²) < 4.78 is 5.91. The second-order valence-corrected chi connectivity index (χ2v) is 4.77. The summed E-state index contributed by atoms with van der Waals surface area (Å²) >= 11 is 0. The molecule has 98 valence electrons. The minimum Gasteiger partial charge on any atom is -0.487 e. The number of rotatable bonds is 3. The van der Waals surface area contributed by atoms with Crippen LogP contribution in [0, 0.1) is 0 Å². The number of anilines is 1. The maximum absolute atomic E-state index is 5.91. The molecule has 1 aliphatic rings. The number of hydrogen-bond donors (Lipinski definition) is 2. The fourth-order valence-corrected chi connectivity index (χ4v) is 2.28. The van der Waals surface area contributed by atoms with Crippen molar-refractivity contribution < 1.29 is 4.74 Å². The molecule has 1 atom stereocenters. The topological polar surface area (TPSA) is 60.2 Å². The van der Waals surface area contributed by atoms with Crippen molar-refractivity contribution in [3.8, 4) is 16.9 Å². The first kappa shape index (κ1) is 12.0. The first-order chi connectivity index (χ1) is 9.31. The van der Waals surface area contributed by atoms with E-state index in [0.29, 0.717) is 0 Å². The number of aromatic nitrogens is 1. The molecule has 0 unspecified atom stereocenters. The number of nitrogens with zero attached hydrogens (tertiary/aromatic N) is 1. The van der Waals surface area contributed by atoms with Gasteiger partial charge in [0.15, 0.2) is 0 Å². The smallest absolute Gasteiger partial charge is 0.138 e. The first-order valence-corrected chi connectivity index (χ1v) is 6.49. The Bertz CT molecular complexity index is 565. The maximum atomic E-state index is 5.91. The number of hydrogen-bond acceptors (Lipinski definition) is 4. The Morgan fingerprint density at radius 3 is 2.95 bits per heavy atom. The summed E-state index contributed by atoms with van der Waals surface area (Å²) in [6.45, 7) is 1.93. The summed E-state index contributed by atoms with van der Waals surface area (Å²) in [7, 11) is 0. The van der Waals surface area contributed by atoms with Crippen LogP contribution in [0.25, 0.3) is 11.1 Å². The number of benzene rings is 1. The molecule has 0 amide bonds. The highest BCUT2D eigenvalue weighted by atomic mass is 16.5. The van der Waals surface area contributed by atoms with Crippen molar-refractivity contribution in [1.29, 1.82) is 0 Å². The summed E-state index contributed by atoms with van der Waals surface area (Å²) in [5.74, 6) is 0.814. The van der Waals surface area contributed by atoms with E-state index in [1.165, 1.54) is 0 Å². The Balaban J connectivity index is 1.82. The van der Waals surface area contributed by atoms with Gasteiger partial charge in [0.25, 0.3) is 0 Å². The summed E-state index contributed by atoms with van der Waals surface area (Å²) in [5.41, 5.74) is 8.64. The first-order valence-electron chi connectivity index (χ1n) is 6.49. The van der Waals surface area contributed by atoms with Crippen LogP contribution in [0.1, 0.15) is 6.42 Å². The predicted octanol–water partition coefficient (Wildman–Crippen LogP) is 2.07. The lowest BCUT2D eigenvalue weighted by Crippen LogP contribution is -2.19. The molecule has 0 aliphatic carbocycles. The van der Waals surface area contributed by atoms with Gasteiger partial charge in [0.05, 0.1) is 6.20 Å². The monoisotopic (exact) mass is 255 g/mol. The molecule has 3 rings (SSSR count). The largest absolute Gasteiger partial charge is 0.487 e. The van der Waals surface area contributed by atoms with Gasteiger partial charge in [-0.2, -0.15) is 0 Å². The molecule has 3 N–H and O–H groups in total. The molecule has 4 heteroatoms. The third kappa shape index (κ3) is 2.85. The van der Waals surface area contributed by atoms with Crippen LogP contribution in [0.5, 0.6) is 5.75 Å². The standard InChI is InChI=1S/C15H17N3O/c16-13-3-1-2-11(6-13)12-7-15(10-18-8-12)19-14-4-5-17-9-14/h1-3,6-8,10,14,17H,4-5,9,16H2/t14-/m1/s1. The maximum Gasteiger partial charge on any atom is 0.138 e. The average Bonchev–Trinajstić information content (AvgIpc) is 2.92. The molecule has 2 aromatic rings. The van der Waals surface area contributed by atoms with Gasteiger partial charge in [-0.05, 0) is 36.7 Å². The molecule has 1 aromatic heterocycles. The molecule has 2 heterocycles. The van der Waals surface area contributed by atoms with Gasteiger partial charge >= 0.3 is 0 Å². The van der Waals surface area contributed by atoms with Gasteiger partial charge in [-0.3, -0.25) is 4.98 Å². The minimum atomic E-state index is 0.248. The lowest BCUT2D eigenvalue weighted by Gasteiger charge is -2.13. The van der Waals surface area contributed by atoms with Crippen LogP contribution >= 0.6 is 0 Å². The normalized spacial score (nSPS) is 18.4. The Kier molecular flexibility index (Phi) is 3.33.